The third kappa shape index (κ3) is 6.48. The molecular formula is C27H32N6O5. The van der Waals surface area contributed by atoms with Crippen LogP contribution in [-0.2, 0) is 13.0 Å². The van der Waals surface area contributed by atoms with E-state index in [1.807, 2.05) is 25.3 Å². The second-order valence-electron chi connectivity index (χ2n) is 8.67. The molecule has 0 aliphatic carbocycles. The minimum absolute atomic E-state index is 0.0200. The molecule has 2 heterocycles. The predicted molar refractivity (Wildman–Crippen MR) is 144 cm³/mol. The van der Waals surface area contributed by atoms with Crippen molar-refractivity contribution in [2.45, 2.75) is 39.3 Å². The van der Waals surface area contributed by atoms with E-state index < -0.39 is 5.76 Å². The third-order valence-electron chi connectivity index (χ3n) is 6.19. The Hall–Kier alpha value is -4.38. The summed E-state index contributed by atoms with van der Waals surface area (Å²) in [5.41, 5.74) is 3.97. The maximum absolute atomic E-state index is 12.7. The largest absolute Gasteiger partial charge is 0.497 e. The lowest BCUT2D eigenvalue weighted by Gasteiger charge is -2.19. The van der Waals surface area contributed by atoms with Crippen LogP contribution in [0.15, 0.2) is 51.8 Å². The molecule has 2 aromatic heterocycles. The molecule has 0 saturated carbocycles. The zero-order valence-corrected chi connectivity index (χ0v) is 21.9. The molecule has 4 N–H and O–H groups in total. The molecule has 11 heteroatoms. The Morgan fingerprint density at radius 3 is 2.55 bits per heavy atom. The van der Waals surface area contributed by atoms with Crippen molar-refractivity contribution in [1.82, 2.24) is 25.6 Å². The molecule has 11 nitrogen and oxygen atoms in total. The maximum atomic E-state index is 12.7. The van der Waals surface area contributed by atoms with Gasteiger partial charge in [0.1, 0.15) is 11.5 Å². The van der Waals surface area contributed by atoms with Crippen molar-refractivity contribution in [2.75, 3.05) is 26.1 Å². The van der Waals surface area contributed by atoms with Crippen molar-refractivity contribution >= 4 is 28.6 Å². The number of ether oxygens (including phenoxy) is 2. The van der Waals surface area contributed by atoms with Crippen LogP contribution in [-0.4, -0.2) is 47.7 Å². The summed E-state index contributed by atoms with van der Waals surface area (Å²) in [5, 5.41) is 9.66. The van der Waals surface area contributed by atoms with Gasteiger partial charge in [0.25, 0.3) is 5.91 Å². The van der Waals surface area contributed by atoms with Gasteiger partial charge in [-0.25, -0.2) is 14.8 Å². The Labute approximate surface area is 220 Å². The van der Waals surface area contributed by atoms with E-state index in [1.165, 1.54) is 0 Å². The molecule has 1 atom stereocenters. The SMILES string of the molecule is CCc1cnc(Nc2cc(OC)cc(OC)c2)nc1CNC(CC)CNC(=O)c1ccc2[nH]c(=O)oc2c1. The van der Waals surface area contributed by atoms with E-state index in [9.17, 15) is 9.59 Å². The smallest absolute Gasteiger partial charge is 0.417 e. The number of benzene rings is 2. The van der Waals surface area contributed by atoms with Crippen LogP contribution in [0.3, 0.4) is 0 Å². The summed E-state index contributed by atoms with van der Waals surface area (Å²) in [6, 6.07) is 10.4. The van der Waals surface area contributed by atoms with Gasteiger partial charge >= 0.3 is 5.76 Å². The highest BCUT2D eigenvalue weighted by atomic mass is 16.5. The second kappa shape index (κ2) is 12.2. The third-order valence-corrected chi connectivity index (χ3v) is 6.19. The van der Waals surface area contributed by atoms with Crippen LogP contribution >= 0.6 is 0 Å². The van der Waals surface area contributed by atoms with Crippen LogP contribution in [0, 0.1) is 0 Å². The van der Waals surface area contributed by atoms with E-state index in [2.05, 4.69) is 32.8 Å². The molecule has 0 fully saturated rings. The lowest BCUT2D eigenvalue weighted by Crippen LogP contribution is -2.40. The number of hydrogen-bond acceptors (Lipinski definition) is 9. The van der Waals surface area contributed by atoms with Gasteiger partial charge in [-0.05, 0) is 36.6 Å². The van der Waals surface area contributed by atoms with Gasteiger partial charge in [-0.2, -0.15) is 0 Å². The summed E-state index contributed by atoms with van der Waals surface area (Å²) >= 11 is 0. The number of H-pyrrole nitrogens is 1. The molecule has 0 aliphatic heterocycles. The Morgan fingerprint density at radius 2 is 1.87 bits per heavy atom. The molecule has 200 valence electrons. The van der Waals surface area contributed by atoms with E-state index in [4.69, 9.17) is 18.9 Å². The molecule has 4 rings (SSSR count). The highest BCUT2D eigenvalue weighted by Crippen LogP contribution is 2.27. The number of carbonyl (C=O) groups is 1. The number of fused-ring (bicyclic) bond motifs is 1. The minimum Gasteiger partial charge on any atom is -0.497 e. The number of nitrogens with one attached hydrogen (secondary N) is 4. The zero-order valence-electron chi connectivity index (χ0n) is 21.9. The van der Waals surface area contributed by atoms with E-state index in [0.717, 1.165) is 29.8 Å². The molecule has 0 spiro atoms. The number of hydrogen-bond donors (Lipinski definition) is 4. The van der Waals surface area contributed by atoms with Gasteiger partial charge < -0.3 is 29.8 Å². The number of rotatable bonds is 12. The Balaban J connectivity index is 1.39. The number of amides is 1. The quantitative estimate of drug-likeness (QED) is 0.220. The van der Waals surface area contributed by atoms with Crippen molar-refractivity contribution in [3.05, 3.63) is 70.0 Å². The Morgan fingerprint density at radius 1 is 1.11 bits per heavy atom. The van der Waals surface area contributed by atoms with Gasteiger partial charge in [0, 0.05) is 54.8 Å². The first-order valence-corrected chi connectivity index (χ1v) is 12.4. The molecule has 1 unspecified atom stereocenters. The van der Waals surface area contributed by atoms with Crippen molar-refractivity contribution in [3.63, 3.8) is 0 Å². The number of methoxy groups -OCH3 is 2. The average Bonchev–Trinajstić information content (AvgIpc) is 3.32. The van der Waals surface area contributed by atoms with E-state index in [-0.39, 0.29) is 11.9 Å². The number of carbonyl (C=O) groups excluding carboxylic acids is 1. The molecule has 0 saturated heterocycles. The molecule has 4 aromatic rings. The first-order valence-electron chi connectivity index (χ1n) is 12.4. The van der Waals surface area contributed by atoms with Crippen molar-refractivity contribution in [1.29, 1.82) is 0 Å². The normalized spacial score (nSPS) is 11.8. The molecular weight excluding hydrogens is 488 g/mol. The summed E-state index contributed by atoms with van der Waals surface area (Å²) < 4.78 is 15.7. The highest BCUT2D eigenvalue weighted by molar-refractivity contribution is 5.96. The van der Waals surface area contributed by atoms with Gasteiger partial charge in [-0.15, -0.1) is 0 Å². The number of aromatic amines is 1. The first kappa shape index (κ1) is 26.7. The van der Waals surface area contributed by atoms with Crippen LogP contribution < -0.4 is 31.2 Å². The van der Waals surface area contributed by atoms with E-state index >= 15 is 0 Å². The molecule has 0 aliphatic rings. The van der Waals surface area contributed by atoms with E-state index in [1.54, 1.807) is 38.5 Å². The summed E-state index contributed by atoms with van der Waals surface area (Å²) in [6.07, 6.45) is 3.41. The lowest BCUT2D eigenvalue weighted by atomic mass is 10.1. The molecule has 0 radical (unpaired) electrons. The van der Waals surface area contributed by atoms with Gasteiger partial charge in [0.05, 0.1) is 25.4 Å². The maximum Gasteiger partial charge on any atom is 0.417 e. The predicted octanol–water partition coefficient (Wildman–Crippen LogP) is 3.53. The van der Waals surface area contributed by atoms with Crippen molar-refractivity contribution in [3.8, 4) is 11.5 Å². The summed E-state index contributed by atoms with van der Waals surface area (Å²) in [5.74, 6) is 0.981. The Kier molecular flexibility index (Phi) is 8.59. The topological polar surface area (TPSA) is 143 Å². The summed E-state index contributed by atoms with van der Waals surface area (Å²) in [6.45, 7) is 5.04. The van der Waals surface area contributed by atoms with Crippen LogP contribution in [0.4, 0.5) is 11.6 Å². The summed E-state index contributed by atoms with van der Waals surface area (Å²) in [4.78, 5) is 35.8. The number of aryl methyl sites for hydroxylation is 1. The molecule has 0 bridgehead atoms. The van der Waals surface area contributed by atoms with Crippen LogP contribution in [0.25, 0.3) is 11.1 Å². The number of nitrogens with zero attached hydrogens (tertiary/aromatic N) is 2. The lowest BCUT2D eigenvalue weighted by molar-refractivity contribution is 0.0949. The van der Waals surface area contributed by atoms with Crippen molar-refractivity contribution < 1.29 is 18.7 Å². The fourth-order valence-electron chi connectivity index (χ4n) is 3.97. The second-order valence-corrected chi connectivity index (χ2v) is 8.67. The standard InChI is InChI=1S/C27H32N6O5/c1-5-16-13-30-26(31-19-10-20(36-3)12-21(11-19)37-4)32-23(16)15-28-18(6-2)14-29-25(34)17-7-8-22-24(9-17)38-27(35)33-22/h7-13,18,28H,5-6,14-15H2,1-4H3,(H,29,34)(H,33,35)(H,30,31,32). The van der Waals surface area contributed by atoms with E-state index in [0.29, 0.717) is 47.2 Å². The van der Waals surface area contributed by atoms with Gasteiger partial charge in [-0.3, -0.25) is 9.78 Å². The summed E-state index contributed by atoms with van der Waals surface area (Å²) in [7, 11) is 3.20. The fraction of sp³-hybridized carbons (Fsp3) is 0.333. The molecule has 1 amide bonds. The number of anilines is 2. The van der Waals surface area contributed by atoms with Crippen LogP contribution in [0.1, 0.15) is 41.9 Å². The Bertz CT molecular complexity index is 1440. The van der Waals surface area contributed by atoms with Gasteiger partial charge in [0.15, 0.2) is 5.58 Å². The average molecular weight is 521 g/mol. The van der Waals surface area contributed by atoms with Gasteiger partial charge in [0.2, 0.25) is 5.95 Å². The highest BCUT2D eigenvalue weighted by Gasteiger charge is 2.14. The van der Waals surface area contributed by atoms with Crippen molar-refractivity contribution in [2.24, 2.45) is 0 Å². The monoisotopic (exact) mass is 520 g/mol. The van der Waals surface area contributed by atoms with Gasteiger partial charge in [-0.1, -0.05) is 13.8 Å². The first-order chi connectivity index (χ1) is 18.4. The van der Waals surface area contributed by atoms with Crippen LogP contribution in [0.5, 0.6) is 11.5 Å². The zero-order chi connectivity index (χ0) is 27.1. The number of oxazole rings is 1. The molecule has 2 aromatic carbocycles. The number of aromatic nitrogens is 3. The minimum atomic E-state index is -0.550. The molecule has 38 heavy (non-hydrogen) atoms. The van der Waals surface area contributed by atoms with Crippen LogP contribution in [0.2, 0.25) is 0 Å². The fourth-order valence-corrected chi connectivity index (χ4v) is 3.97.